The molecule has 6 heteroatoms. The number of hydrogen-bond donors (Lipinski definition) is 1. The summed E-state index contributed by atoms with van der Waals surface area (Å²) in [5, 5.41) is 2.65. The van der Waals surface area contributed by atoms with Crippen molar-refractivity contribution in [1.29, 1.82) is 0 Å². The first kappa shape index (κ1) is 17.6. The van der Waals surface area contributed by atoms with Gasteiger partial charge in [-0.3, -0.25) is 19.3 Å². The fourth-order valence-corrected chi connectivity index (χ4v) is 3.79. The summed E-state index contributed by atoms with van der Waals surface area (Å²) in [5.41, 5.74) is 0.607. The molecule has 1 aliphatic heterocycles. The molecule has 0 unspecified atom stereocenters. The molecule has 3 rings (SSSR count). The Bertz CT molecular complexity index is 711. The fourth-order valence-electron chi connectivity index (χ4n) is 3.79. The number of rotatable bonds is 4. The summed E-state index contributed by atoms with van der Waals surface area (Å²) in [4.78, 5) is 38.1. The number of imide groups is 1. The van der Waals surface area contributed by atoms with Crippen LogP contribution >= 0.6 is 0 Å². The van der Waals surface area contributed by atoms with Gasteiger partial charge in [-0.1, -0.05) is 31.4 Å². The number of halogens is 1. The van der Waals surface area contributed by atoms with Gasteiger partial charge in [-0.05, 0) is 37.0 Å². The van der Waals surface area contributed by atoms with Crippen molar-refractivity contribution in [3.8, 4) is 0 Å². The van der Waals surface area contributed by atoms with Crippen LogP contribution in [0.3, 0.4) is 0 Å². The Hall–Kier alpha value is -2.24. The zero-order chi connectivity index (χ0) is 18.0. The van der Waals surface area contributed by atoms with Crippen molar-refractivity contribution >= 4 is 17.7 Å². The molecule has 25 heavy (non-hydrogen) atoms. The summed E-state index contributed by atoms with van der Waals surface area (Å²) < 4.78 is 13.5. The minimum atomic E-state index is -0.574. The van der Waals surface area contributed by atoms with E-state index in [2.05, 4.69) is 5.32 Å². The van der Waals surface area contributed by atoms with Gasteiger partial charge in [0.2, 0.25) is 17.7 Å². The number of amides is 3. The van der Waals surface area contributed by atoms with Gasteiger partial charge in [-0.15, -0.1) is 0 Å². The quantitative estimate of drug-likeness (QED) is 0.852. The van der Waals surface area contributed by atoms with Crippen LogP contribution < -0.4 is 5.32 Å². The lowest BCUT2D eigenvalue weighted by Gasteiger charge is -2.30. The van der Waals surface area contributed by atoms with Gasteiger partial charge in [0, 0.05) is 13.0 Å². The Labute approximate surface area is 146 Å². The van der Waals surface area contributed by atoms with Crippen LogP contribution in [0.4, 0.5) is 4.39 Å². The van der Waals surface area contributed by atoms with Gasteiger partial charge in [0.25, 0.3) is 0 Å². The molecule has 2 aliphatic rings. The third-order valence-electron chi connectivity index (χ3n) is 5.33. The number of benzene rings is 1. The van der Waals surface area contributed by atoms with Crippen molar-refractivity contribution in [1.82, 2.24) is 10.2 Å². The highest BCUT2D eigenvalue weighted by atomic mass is 19.1. The van der Waals surface area contributed by atoms with Crippen LogP contribution in [-0.2, 0) is 20.9 Å². The Kier molecular flexibility index (Phi) is 4.88. The first-order valence-electron chi connectivity index (χ1n) is 8.78. The molecule has 0 aromatic heterocycles. The van der Waals surface area contributed by atoms with Gasteiger partial charge in [0.15, 0.2) is 0 Å². The molecule has 134 valence electrons. The third kappa shape index (κ3) is 3.57. The maximum Gasteiger partial charge on any atom is 0.240 e. The van der Waals surface area contributed by atoms with E-state index in [1.165, 1.54) is 6.07 Å². The van der Waals surface area contributed by atoms with Crippen LogP contribution in [0.25, 0.3) is 0 Å². The summed E-state index contributed by atoms with van der Waals surface area (Å²) in [6.07, 6.45) is 4.70. The summed E-state index contributed by atoms with van der Waals surface area (Å²) in [6.45, 7) is 1.58. The van der Waals surface area contributed by atoms with Crippen molar-refractivity contribution in [2.45, 2.75) is 52.0 Å². The van der Waals surface area contributed by atoms with Crippen LogP contribution in [0.2, 0.25) is 0 Å². The Morgan fingerprint density at radius 1 is 1.24 bits per heavy atom. The standard InChI is InChI=1S/C19H23FN2O3/c1-13-5-6-14(9-15(13)20)11-21-16(23)12-22-17(24)10-19(18(22)25)7-3-2-4-8-19/h5-6,9H,2-4,7-8,10-12H2,1H3,(H,21,23). The van der Waals surface area contributed by atoms with Crippen molar-refractivity contribution < 1.29 is 18.8 Å². The van der Waals surface area contributed by atoms with Crippen LogP contribution in [0.15, 0.2) is 18.2 Å². The van der Waals surface area contributed by atoms with Gasteiger partial charge >= 0.3 is 0 Å². The van der Waals surface area contributed by atoms with Gasteiger partial charge in [0.05, 0.1) is 5.41 Å². The molecule has 0 bridgehead atoms. The highest BCUT2D eigenvalue weighted by Gasteiger charge is 2.51. The van der Waals surface area contributed by atoms with E-state index in [0.717, 1.165) is 37.0 Å². The van der Waals surface area contributed by atoms with Gasteiger partial charge in [-0.2, -0.15) is 0 Å². The minimum Gasteiger partial charge on any atom is -0.350 e. The molecule has 1 aromatic rings. The number of hydrogen-bond acceptors (Lipinski definition) is 3. The SMILES string of the molecule is Cc1ccc(CNC(=O)CN2C(=O)CC3(CCCCC3)C2=O)cc1F. The molecule has 0 atom stereocenters. The molecule has 1 heterocycles. The van der Waals surface area contributed by atoms with Crippen molar-refractivity contribution in [3.63, 3.8) is 0 Å². The number of likely N-dealkylation sites (tertiary alicyclic amines) is 1. The molecule has 3 amide bonds. The first-order chi connectivity index (χ1) is 11.9. The topological polar surface area (TPSA) is 66.5 Å². The van der Waals surface area contributed by atoms with Crippen LogP contribution in [0.1, 0.15) is 49.7 Å². The Morgan fingerprint density at radius 2 is 1.96 bits per heavy atom. The van der Waals surface area contributed by atoms with Crippen LogP contribution in [0, 0.1) is 18.2 Å². The average Bonchev–Trinajstić information content (AvgIpc) is 2.81. The first-order valence-corrected chi connectivity index (χ1v) is 8.78. The lowest BCUT2D eigenvalue weighted by molar-refractivity contribution is -0.145. The smallest absolute Gasteiger partial charge is 0.240 e. The molecule has 1 saturated heterocycles. The lowest BCUT2D eigenvalue weighted by Crippen LogP contribution is -2.42. The highest BCUT2D eigenvalue weighted by molar-refractivity contribution is 6.08. The number of aryl methyl sites for hydroxylation is 1. The van der Waals surface area contributed by atoms with Crippen molar-refractivity contribution in [2.24, 2.45) is 5.41 Å². The molecule has 2 fully saturated rings. The second-order valence-corrected chi connectivity index (χ2v) is 7.16. The lowest BCUT2D eigenvalue weighted by atomic mass is 9.73. The average molecular weight is 346 g/mol. The van der Waals surface area contributed by atoms with E-state index in [1.54, 1.807) is 19.1 Å². The molecule has 0 radical (unpaired) electrons. The molecule has 1 N–H and O–H groups in total. The van der Waals surface area contributed by atoms with Crippen LogP contribution in [-0.4, -0.2) is 29.2 Å². The minimum absolute atomic E-state index is 0.164. The predicted molar refractivity (Wildman–Crippen MR) is 89.8 cm³/mol. The number of carbonyl (C=O) groups excluding carboxylic acids is 3. The summed E-state index contributed by atoms with van der Waals surface area (Å²) in [6, 6.07) is 4.76. The number of carbonyl (C=O) groups is 3. The molecular weight excluding hydrogens is 323 g/mol. The highest BCUT2D eigenvalue weighted by Crippen LogP contribution is 2.45. The van der Waals surface area contributed by atoms with Gasteiger partial charge < -0.3 is 5.32 Å². The zero-order valence-corrected chi connectivity index (χ0v) is 14.4. The van der Waals surface area contributed by atoms with Gasteiger partial charge in [0.1, 0.15) is 12.4 Å². The Morgan fingerprint density at radius 3 is 2.64 bits per heavy atom. The Balaban J connectivity index is 1.58. The van der Waals surface area contributed by atoms with E-state index in [4.69, 9.17) is 0 Å². The number of nitrogens with one attached hydrogen (secondary N) is 1. The van der Waals surface area contributed by atoms with E-state index in [0.29, 0.717) is 11.1 Å². The van der Waals surface area contributed by atoms with E-state index in [9.17, 15) is 18.8 Å². The van der Waals surface area contributed by atoms with E-state index in [1.807, 2.05) is 0 Å². The van der Waals surface area contributed by atoms with Gasteiger partial charge in [-0.25, -0.2) is 4.39 Å². The molecule has 1 aliphatic carbocycles. The molecule has 1 spiro atoms. The predicted octanol–water partition coefficient (Wildman–Crippen LogP) is 2.46. The fraction of sp³-hybridized carbons (Fsp3) is 0.526. The van der Waals surface area contributed by atoms with Crippen molar-refractivity contribution in [2.75, 3.05) is 6.54 Å². The summed E-state index contributed by atoms with van der Waals surface area (Å²) in [5.74, 6) is -1.19. The third-order valence-corrected chi connectivity index (χ3v) is 5.33. The van der Waals surface area contributed by atoms with E-state index < -0.39 is 11.3 Å². The maximum absolute atomic E-state index is 13.5. The zero-order valence-electron chi connectivity index (χ0n) is 14.4. The summed E-state index contributed by atoms with van der Waals surface area (Å²) in [7, 11) is 0. The van der Waals surface area contributed by atoms with E-state index in [-0.39, 0.29) is 37.1 Å². The molecule has 1 aromatic carbocycles. The molecular formula is C19H23FN2O3. The summed E-state index contributed by atoms with van der Waals surface area (Å²) >= 11 is 0. The normalized spacial score (nSPS) is 19.5. The molecule has 5 nitrogen and oxygen atoms in total. The second-order valence-electron chi connectivity index (χ2n) is 7.16. The monoisotopic (exact) mass is 346 g/mol. The maximum atomic E-state index is 13.5. The largest absolute Gasteiger partial charge is 0.350 e. The molecule has 1 saturated carbocycles. The van der Waals surface area contributed by atoms with Crippen molar-refractivity contribution in [3.05, 3.63) is 35.1 Å². The second kappa shape index (κ2) is 6.94. The van der Waals surface area contributed by atoms with E-state index >= 15 is 0 Å². The number of nitrogens with zero attached hydrogens (tertiary/aromatic N) is 1. The van der Waals surface area contributed by atoms with Crippen LogP contribution in [0.5, 0.6) is 0 Å².